The molecule has 0 unspecified atom stereocenters. The fourth-order valence-electron chi connectivity index (χ4n) is 2.87. The van der Waals surface area contributed by atoms with E-state index in [1.165, 1.54) is 30.7 Å². The van der Waals surface area contributed by atoms with E-state index in [4.69, 9.17) is 5.73 Å². The minimum absolute atomic E-state index is 0.140. The summed E-state index contributed by atoms with van der Waals surface area (Å²) < 4.78 is 27.3. The van der Waals surface area contributed by atoms with Gasteiger partial charge in [0.15, 0.2) is 0 Å². The van der Waals surface area contributed by atoms with Crippen LogP contribution >= 0.6 is 0 Å². The smallest absolute Gasteiger partial charge is 0.248 e. The van der Waals surface area contributed by atoms with E-state index in [0.29, 0.717) is 18.0 Å². The van der Waals surface area contributed by atoms with E-state index in [0.717, 1.165) is 19.5 Å². The van der Waals surface area contributed by atoms with Gasteiger partial charge in [-0.1, -0.05) is 6.92 Å². The van der Waals surface area contributed by atoms with E-state index in [2.05, 4.69) is 16.5 Å². The highest BCUT2D eigenvalue weighted by Gasteiger charge is 2.22. The first kappa shape index (κ1) is 17.9. The number of sulfonamides is 1. The number of benzene rings is 1. The maximum absolute atomic E-state index is 12.3. The Balaban J connectivity index is 1.96. The van der Waals surface area contributed by atoms with Crippen molar-refractivity contribution < 1.29 is 13.2 Å². The van der Waals surface area contributed by atoms with Gasteiger partial charge in [-0.3, -0.25) is 9.69 Å². The van der Waals surface area contributed by atoms with Gasteiger partial charge < -0.3 is 5.73 Å². The van der Waals surface area contributed by atoms with Crippen LogP contribution in [-0.2, 0) is 10.0 Å². The quantitative estimate of drug-likeness (QED) is 0.814. The van der Waals surface area contributed by atoms with Gasteiger partial charge in [-0.15, -0.1) is 0 Å². The van der Waals surface area contributed by atoms with Crippen molar-refractivity contribution in [1.82, 2.24) is 9.62 Å². The second-order valence-electron chi connectivity index (χ2n) is 6.33. The molecule has 23 heavy (non-hydrogen) atoms. The first-order valence-corrected chi connectivity index (χ1v) is 9.41. The normalized spacial score (nSPS) is 21.0. The molecule has 1 fully saturated rings. The number of amides is 1. The number of primary amides is 1. The molecule has 1 aromatic carbocycles. The van der Waals surface area contributed by atoms with Crippen molar-refractivity contribution in [2.45, 2.75) is 37.6 Å². The Hall–Kier alpha value is -1.44. The van der Waals surface area contributed by atoms with Crippen LogP contribution in [0.15, 0.2) is 29.2 Å². The summed E-state index contributed by atoms with van der Waals surface area (Å²) in [6.07, 6.45) is 2.40. The van der Waals surface area contributed by atoms with Crippen LogP contribution in [0.4, 0.5) is 0 Å². The fraction of sp³-hybridized carbons (Fsp3) is 0.562. The van der Waals surface area contributed by atoms with Crippen molar-refractivity contribution in [3.8, 4) is 0 Å². The molecule has 2 atom stereocenters. The lowest BCUT2D eigenvalue weighted by Crippen LogP contribution is -2.46. The van der Waals surface area contributed by atoms with Gasteiger partial charge in [-0.2, -0.15) is 0 Å². The number of carbonyl (C=O) groups is 1. The second kappa shape index (κ2) is 7.42. The van der Waals surface area contributed by atoms with E-state index >= 15 is 0 Å². The summed E-state index contributed by atoms with van der Waals surface area (Å²) in [6.45, 7) is 6.66. The van der Waals surface area contributed by atoms with Crippen molar-refractivity contribution >= 4 is 15.9 Å². The number of hydrogen-bond donors (Lipinski definition) is 2. The van der Waals surface area contributed by atoms with E-state index in [9.17, 15) is 13.2 Å². The van der Waals surface area contributed by atoms with Gasteiger partial charge in [-0.25, -0.2) is 13.1 Å². The van der Waals surface area contributed by atoms with Crippen LogP contribution in [0, 0.1) is 5.92 Å². The number of hydrogen-bond acceptors (Lipinski definition) is 4. The third kappa shape index (κ3) is 4.76. The molecule has 0 aromatic heterocycles. The molecular formula is C16H25N3O3S. The molecule has 1 heterocycles. The van der Waals surface area contributed by atoms with Gasteiger partial charge in [0.05, 0.1) is 4.90 Å². The van der Waals surface area contributed by atoms with Crippen LogP contribution in [0.25, 0.3) is 0 Å². The van der Waals surface area contributed by atoms with Gasteiger partial charge in [0, 0.05) is 24.7 Å². The molecule has 0 bridgehead atoms. The van der Waals surface area contributed by atoms with Crippen LogP contribution < -0.4 is 10.5 Å². The molecule has 7 heteroatoms. The standard InChI is InChI=1S/C16H25N3O3S/c1-12-4-3-9-19(11-12)13(2)10-18-23(21,22)15-7-5-14(6-8-15)16(17)20/h5-8,12-13,18H,3-4,9-11H2,1-2H3,(H2,17,20)/t12-,13+/m1/s1. The molecule has 0 spiro atoms. The molecule has 1 amide bonds. The van der Waals surface area contributed by atoms with Crippen molar-refractivity contribution in [3.05, 3.63) is 29.8 Å². The van der Waals surface area contributed by atoms with Crippen molar-refractivity contribution in [1.29, 1.82) is 0 Å². The molecule has 1 aliphatic heterocycles. The number of nitrogens with one attached hydrogen (secondary N) is 1. The molecule has 128 valence electrons. The Kier molecular flexibility index (Phi) is 5.78. The number of piperidine rings is 1. The average Bonchev–Trinajstić information content (AvgIpc) is 2.52. The van der Waals surface area contributed by atoms with Gasteiger partial charge >= 0.3 is 0 Å². The lowest BCUT2D eigenvalue weighted by atomic mass is 9.99. The molecule has 6 nitrogen and oxygen atoms in total. The topological polar surface area (TPSA) is 92.5 Å². The molecule has 2 rings (SSSR count). The Morgan fingerprint density at radius 1 is 1.39 bits per heavy atom. The summed E-state index contributed by atoms with van der Waals surface area (Å²) in [4.78, 5) is 13.5. The molecule has 3 N–H and O–H groups in total. The summed E-state index contributed by atoms with van der Waals surface area (Å²) in [6, 6.07) is 5.79. The Morgan fingerprint density at radius 2 is 2.04 bits per heavy atom. The molecule has 1 aliphatic rings. The zero-order chi connectivity index (χ0) is 17.0. The monoisotopic (exact) mass is 339 g/mol. The van der Waals surface area contributed by atoms with Crippen LogP contribution in [0.3, 0.4) is 0 Å². The molecular weight excluding hydrogens is 314 g/mol. The van der Waals surface area contributed by atoms with E-state index in [1.807, 2.05) is 6.92 Å². The summed E-state index contributed by atoms with van der Waals surface area (Å²) in [7, 11) is -3.58. The number of nitrogens with two attached hydrogens (primary N) is 1. The van der Waals surface area contributed by atoms with Crippen LogP contribution in [-0.4, -0.2) is 44.9 Å². The minimum Gasteiger partial charge on any atom is -0.366 e. The molecule has 0 saturated carbocycles. The van der Waals surface area contributed by atoms with Gasteiger partial charge in [0.2, 0.25) is 15.9 Å². The highest BCUT2D eigenvalue weighted by molar-refractivity contribution is 7.89. The number of carbonyl (C=O) groups excluding carboxylic acids is 1. The van der Waals surface area contributed by atoms with Gasteiger partial charge in [-0.05, 0) is 56.5 Å². The summed E-state index contributed by atoms with van der Waals surface area (Å²) in [5.41, 5.74) is 5.45. The zero-order valence-corrected chi connectivity index (χ0v) is 14.5. The first-order valence-electron chi connectivity index (χ1n) is 7.93. The third-order valence-electron chi connectivity index (χ3n) is 4.33. The van der Waals surface area contributed by atoms with Crippen LogP contribution in [0.5, 0.6) is 0 Å². The highest BCUT2D eigenvalue weighted by Crippen LogP contribution is 2.18. The lowest BCUT2D eigenvalue weighted by molar-refractivity contribution is 0.1000. The Bertz CT molecular complexity index is 643. The third-order valence-corrected chi connectivity index (χ3v) is 5.77. The fourth-order valence-corrected chi connectivity index (χ4v) is 3.99. The maximum Gasteiger partial charge on any atom is 0.248 e. The second-order valence-corrected chi connectivity index (χ2v) is 8.10. The molecule has 0 aliphatic carbocycles. The molecule has 1 aromatic rings. The highest BCUT2D eigenvalue weighted by atomic mass is 32.2. The van der Waals surface area contributed by atoms with Gasteiger partial charge in [0.25, 0.3) is 0 Å². The van der Waals surface area contributed by atoms with E-state index in [-0.39, 0.29) is 10.9 Å². The zero-order valence-electron chi connectivity index (χ0n) is 13.7. The SMILES string of the molecule is C[C@@H]1CCCN([C@@H](C)CNS(=O)(=O)c2ccc(C(N)=O)cc2)C1. The number of rotatable bonds is 6. The van der Waals surface area contributed by atoms with Crippen molar-refractivity contribution in [2.75, 3.05) is 19.6 Å². The Morgan fingerprint density at radius 3 is 2.61 bits per heavy atom. The maximum atomic E-state index is 12.3. The largest absolute Gasteiger partial charge is 0.366 e. The average molecular weight is 339 g/mol. The van der Waals surface area contributed by atoms with Crippen molar-refractivity contribution in [2.24, 2.45) is 11.7 Å². The Labute approximate surface area is 138 Å². The number of nitrogens with zero attached hydrogens (tertiary/aromatic N) is 1. The van der Waals surface area contributed by atoms with Crippen molar-refractivity contribution in [3.63, 3.8) is 0 Å². The van der Waals surface area contributed by atoms with Crippen LogP contribution in [0.1, 0.15) is 37.0 Å². The number of likely N-dealkylation sites (tertiary alicyclic amines) is 1. The van der Waals surface area contributed by atoms with Crippen LogP contribution in [0.2, 0.25) is 0 Å². The molecule has 0 radical (unpaired) electrons. The lowest BCUT2D eigenvalue weighted by Gasteiger charge is -2.35. The summed E-state index contributed by atoms with van der Waals surface area (Å²) in [5, 5.41) is 0. The first-order chi connectivity index (χ1) is 10.8. The predicted octanol–water partition coefficient (Wildman–Crippen LogP) is 1.18. The van der Waals surface area contributed by atoms with E-state index in [1.54, 1.807) is 0 Å². The summed E-state index contributed by atoms with van der Waals surface area (Å²) in [5.74, 6) is 0.0823. The minimum atomic E-state index is -3.58. The summed E-state index contributed by atoms with van der Waals surface area (Å²) >= 11 is 0. The molecule has 1 saturated heterocycles. The van der Waals surface area contributed by atoms with E-state index < -0.39 is 15.9 Å². The predicted molar refractivity (Wildman–Crippen MR) is 89.6 cm³/mol. The van der Waals surface area contributed by atoms with Gasteiger partial charge in [0.1, 0.15) is 0 Å².